The molecule has 3 aromatic heterocycles. The predicted octanol–water partition coefficient (Wildman–Crippen LogP) is 4.69. The highest BCUT2D eigenvalue weighted by Gasteiger charge is 2.19. The summed E-state index contributed by atoms with van der Waals surface area (Å²) in [4.78, 5) is 26.6. The van der Waals surface area contributed by atoms with Gasteiger partial charge in [0, 0.05) is 11.4 Å². The summed E-state index contributed by atoms with van der Waals surface area (Å²) in [5.74, 6) is 0.364. The van der Waals surface area contributed by atoms with Gasteiger partial charge in [0.15, 0.2) is 11.0 Å². The summed E-state index contributed by atoms with van der Waals surface area (Å²) in [6.45, 7) is 6.80. The van der Waals surface area contributed by atoms with Crippen LogP contribution in [-0.4, -0.2) is 39.0 Å². The van der Waals surface area contributed by atoms with Crippen molar-refractivity contribution in [3.63, 3.8) is 0 Å². The molecule has 0 saturated heterocycles. The molecule has 0 unspecified atom stereocenters. The maximum Gasteiger partial charge on any atom is 0.341 e. The summed E-state index contributed by atoms with van der Waals surface area (Å²) < 4.78 is 7.11. The van der Waals surface area contributed by atoms with Crippen molar-refractivity contribution in [3.8, 4) is 10.7 Å². The fourth-order valence-electron chi connectivity index (χ4n) is 2.67. The Bertz CT molecular complexity index is 979. The summed E-state index contributed by atoms with van der Waals surface area (Å²) in [5, 5.41) is 14.6. The number of anilines is 1. The first kappa shape index (κ1) is 21.5. The lowest BCUT2D eigenvalue weighted by Gasteiger charge is -2.08. The molecule has 3 aromatic rings. The number of thiophene rings is 2. The van der Waals surface area contributed by atoms with Crippen LogP contribution in [0.1, 0.15) is 35.5 Å². The lowest BCUT2D eigenvalue weighted by atomic mass is 10.3. The van der Waals surface area contributed by atoms with Crippen molar-refractivity contribution in [1.82, 2.24) is 14.8 Å². The Kier molecular flexibility index (Phi) is 7.45. The molecule has 3 rings (SSSR count). The molecule has 3 heterocycles. The Morgan fingerprint density at radius 3 is 2.83 bits per heavy atom. The highest BCUT2D eigenvalue weighted by molar-refractivity contribution is 7.99. The zero-order chi connectivity index (χ0) is 20.8. The molecule has 0 bridgehead atoms. The summed E-state index contributed by atoms with van der Waals surface area (Å²) in [6.07, 6.45) is 0.938. The third-order valence-corrected chi connectivity index (χ3v) is 6.64. The van der Waals surface area contributed by atoms with E-state index in [1.165, 1.54) is 23.1 Å². The first-order valence-electron chi connectivity index (χ1n) is 9.20. The van der Waals surface area contributed by atoms with Crippen LogP contribution in [0.5, 0.6) is 0 Å². The van der Waals surface area contributed by atoms with Crippen LogP contribution in [0.4, 0.5) is 5.00 Å². The van der Waals surface area contributed by atoms with Gasteiger partial charge in [-0.15, -0.1) is 32.9 Å². The zero-order valence-electron chi connectivity index (χ0n) is 16.4. The number of carbonyl (C=O) groups is 2. The number of hydrogen-bond acceptors (Lipinski definition) is 8. The number of thioether (sulfide) groups is 1. The van der Waals surface area contributed by atoms with E-state index in [1.54, 1.807) is 24.3 Å². The molecule has 0 aromatic carbocycles. The molecule has 1 N–H and O–H groups in total. The van der Waals surface area contributed by atoms with E-state index < -0.39 is 5.97 Å². The third-order valence-electron chi connectivity index (χ3n) is 3.84. The van der Waals surface area contributed by atoms with Gasteiger partial charge in [0.25, 0.3) is 0 Å². The van der Waals surface area contributed by atoms with Gasteiger partial charge in [-0.25, -0.2) is 4.79 Å². The van der Waals surface area contributed by atoms with Crippen LogP contribution in [0.15, 0.2) is 28.7 Å². The number of aryl methyl sites for hydroxylation is 1. The largest absolute Gasteiger partial charge is 0.462 e. The molecule has 0 atom stereocenters. The van der Waals surface area contributed by atoms with Crippen LogP contribution in [0, 0.1) is 6.92 Å². The van der Waals surface area contributed by atoms with Gasteiger partial charge in [0.1, 0.15) is 5.00 Å². The van der Waals surface area contributed by atoms with Crippen molar-refractivity contribution in [3.05, 3.63) is 34.0 Å². The number of amides is 1. The molecule has 1 amide bonds. The van der Waals surface area contributed by atoms with Gasteiger partial charge < -0.3 is 14.6 Å². The summed E-state index contributed by atoms with van der Waals surface area (Å²) in [5.41, 5.74) is 0.391. The average molecular weight is 451 g/mol. The maximum atomic E-state index is 12.5. The number of aromatic nitrogens is 3. The molecule has 0 radical (unpaired) electrons. The molecule has 0 aliphatic heterocycles. The van der Waals surface area contributed by atoms with Crippen molar-refractivity contribution in [2.45, 2.75) is 38.9 Å². The van der Waals surface area contributed by atoms with Gasteiger partial charge in [-0.2, -0.15) is 0 Å². The maximum absolute atomic E-state index is 12.5. The number of carbonyl (C=O) groups excluding carboxylic acids is 2. The van der Waals surface area contributed by atoms with E-state index in [0.717, 1.165) is 28.5 Å². The van der Waals surface area contributed by atoms with Crippen molar-refractivity contribution in [2.75, 3.05) is 17.7 Å². The predicted molar refractivity (Wildman–Crippen MR) is 118 cm³/mol. The number of rotatable bonds is 9. The first-order chi connectivity index (χ1) is 14.0. The van der Waals surface area contributed by atoms with Gasteiger partial charge in [0.2, 0.25) is 5.91 Å². The number of nitrogens with one attached hydrogen (secondary N) is 1. The van der Waals surface area contributed by atoms with Crippen LogP contribution in [0.2, 0.25) is 0 Å². The van der Waals surface area contributed by atoms with Gasteiger partial charge in [-0.05, 0) is 37.8 Å². The first-order valence-corrected chi connectivity index (χ1v) is 11.9. The van der Waals surface area contributed by atoms with Crippen molar-refractivity contribution < 1.29 is 14.3 Å². The lowest BCUT2D eigenvalue weighted by molar-refractivity contribution is -0.113. The minimum Gasteiger partial charge on any atom is -0.462 e. The van der Waals surface area contributed by atoms with Crippen molar-refractivity contribution in [2.24, 2.45) is 0 Å². The highest BCUT2D eigenvalue weighted by atomic mass is 32.2. The monoisotopic (exact) mass is 450 g/mol. The minimum atomic E-state index is -0.428. The molecule has 0 fully saturated rings. The molecular weight excluding hydrogens is 428 g/mol. The number of hydrogen-bond donors (Lipinski definition) is 1. The zero-order valence-corrected chi connectivity index (χ0v) is 18.9. The van der Waals surface area contributed by atoms with Crippen molar-refractivity contribution in [1.29, 1.82) is 0 Å². The summed E-state index contributed by atoms with van der Waals surface area (Å²) in [7, 11) is 0. The molecule has 0 saturated carbocycles. The van der Waals surface area contributed by atoms with E-state index >= 15 is 0 Å². The van der Waals surface area contributed by atoms with Crippen LogP contribution in [0.3, 0.4) is 0 Å². The Balaban J connectivity index is 1.68. The molecule has 7 nitrogen and oxygen atoms in total. The van der Waals surface area contributed by atoms with E-state index in [4.69, 9.17) is 4.74 Å². The van der Waals surface area contributed by atoms with E-state index in [9.17, 15) is 9.59 Å². The Morgan fingerprint density at radius 1 is 1.31 bits per heavy atom. The SMILES string of the molecule is CCCn1c(SCC(=O)Nc2sc(C)cc2C(=O)OCC)nnc1-c1cccs1. The molecule has 0 aliphatic carbocycles. The molecule has 29 heavy (non-hydrogen) atoms. The molecular formula is C19H22N4O3S3. The number of esters is 1. The van der Waals surface area contributed by atoms with E-state index in [0.29, 0.717) is 15.7 Å². The van der Waals surface area contributed by atoms with E-state index in [1.807, 2.05) is 29.0 Å². The standard InChI is InChI=1S/C19H22N4O3S3/c1-4-8-23-16(14-7-6-9-27-14)21-22-19(23)28-11-15(24)20-17-13(10-12(3)29-17)18(25)26-5-2/h6-7,9-10H,4-5,8,11H2,1-3H3,(H,20,24). The Labute approximate surface area is 181 Å². The molecule has 0 spiro atoms. The molecule has 154 valence electrons. The lowest BCUT2D eigenvalue weighted by Crippen LogP contribution is -2.16. The van der Waals surface area contributed by atoms with E-state index in [-0.39, 0.29) is 18.3 Å². The topological polar surface area (TPSA) is 86.1 Å². The molecule has 10 heteroatoms. The highest BCUT2D eigenvalue weighted by Crippen LogP contribution is 2.30. The average Bonchev–Trinajstić information content (AvgIpc) is 3.41. The summed E-state index contributed by atoms with van der Waals surface area (Å²) in [6, 6.07) is 5.73. The van der Waals surface area contributed by atoms with Crippen molar-refractivity contribution >= 4 is 51.3 Å². The van der Waals surface area contributed by atoms with Gasteiger partial charge in [-0.1, -0.05) is 24.8 Å². The normalized spacial score (nSPS) is 10.9. The summed E-state index contributed by atoms with van der Waals surface area (Å²) >= 11 is 4.30. The second kappa shape index (κ2) is 10.0. The van der Waals surface area contributed by atoms with E-state index in [2.05, 4.69) is 22.4 Å². The Hall–Kier alpha value is -2.17. The smallest absolute Gasteiger partial charge is 0.341 e. The van der Waals surface area contributed by atoms with Gasteiger partial charge in [0.05, 0.1) is 22.8 Å². The fourth-order valence-corrected chi connectivity index (χ4v) is 5.07. The Morgan fingerprint density at radius 2 is 2.14 bits per heavy atom. The second-order valence-electron chi connectivity index (χ2n) is 6.09. The van der Waals surface area contributed by atoms with Crippen LogP contribution < -0.4 is 5.32 Å². The quantitative estimate of drug-likeness (QED) is 0.376. The number of nitrogens with zero attached hydrogens (tertiary/aromatic N) is 3. The van der Waals surface area contributed by atoms with Crippen LogP contribution in [-0.2, 0) is 16.1 Å². The number of ether oxygens (including phenoxy) is 1. The van der Waals surface area contributed by atoms with Gasteiger partial charge in [-0.3, -0.25) is 4.79 Å². The minimum absolute atomic E-state index is 0.172. The fraction of sp³-hybridized carbons (Fsp3) is 0.368. The third kappa shape index (κ3) is 5.26. The second-order valence-corrected chi connectivity index (χ2v) is 9.24. The van der Waals surface area contributed by atoms with Crippen LogP contribution in [0.25, 0.3) is 10.7 Å². The van der Waals surface area contributed by atoms with Gasteiger partial charge >= 0.3 is 5.97 Å². The van der Waals surface area contributed by atoms with Crippen LogP contribution >= 0.6 is 34.4 Å². The molecule has 0 aliphatic rings.